The van der Waals surface area contributed by atoms with Crippen LogP contribution < -0.4 is 0 Å². The van der Waals surface area contributed by atoms with Crippen molar-refractivity contribution >= 4 is 17.7 Å². The molecule has 0 bridgehead atoms. The quantitative estimate of drug-likeness (QED) is 0.864. The van der Waals surface area contributed by atoms with Gasteiger partial charge in [-0.15, -0.1) is 0 Å². The lowest BCUT2D eigenvalue weighted by Crippen LogP contribution is -2.34. The molecule has 1 aliphatic rings. The van der Waals surface area contributed by atoms with E-state index in [0.717, 1.165) is 5.56 Å². The summed E-state index contributed by atoms with van der Waals surface area (Å²) in [5.74, 6) is -0.513. The molecule has 0 saturated carbocycles. The van der Waals surface area contributed by atoms with Gasteiger partial charge in [-0.2, -0.15) is 0 Å². The predicted molar refractivity (Wildman–Crippen MR) is 90.4 cm³/mol. The van der Waals surface area contributed by atoms with Crippen LogP contribution in [0.15, 0.2) is 40.8 Å². The normalized spacial score (nSPS) is 19.8. The SMILES string of the molecule is CC(=O)c1ccc(-c2ccc(C(=O)N3CCC(C)(C(=O)O)C3)o2)cc1. The summed E-state index contributed by atoms with van der Waals surface area (Å²) in [6, 6.07) is 10.2. The van der Waals surface area contributed by atoms with E-state index < -0.39 is 11.4 Å². The fraction of sp³-hybridized carbons (Fsp3) is 0.316. The van der Waals surface area contributed by atoms with Gasteiger partial charge in [-0.05, 0) is 32.4 Å². The van der Waals surface area contributed by atoms with Crippen LogP contribution in [0, 0.1) is 5.41 Å². The number of rotatable bonds is 4. The average molecular weight is 341 g/mol. The van der Waals surface area contributed by atoms with Crippen molar-refractivity contribution in [3.05, 3.63) is 47.7 Å². The van der Waals surface area contributed by atoms with Crippen LogP contribution in [-0.4, -0.2) is 40.8 Å². The Balaban J connectivity index is 1.76. The minimum absolute atomic E-state index is 0.0163. The summed E-state index contributed by atoms with van der Waals surface area (Å²) in [7, 11) is 0. The molecule has 0 spiro atoms. The van der Waals surface area contributed by atoms with Crippen molar-refractivity contribution in [3.8, 4) is 11.3 Å². The van der Waals surface area contributed by atoms with Crippen molar-refractivity contribution < 1.29 is 23.9 Å². The Morgan fingerprint density at radius 2 is 1.80 bits per heavy atom. The van der Waals surface area contributed by atoms with Gasteiger partial charge in [-0.3, -0.25) is 14.4 Å². The number of benzene rings is 1. The highest BCUT2D eigenvalue weighted by molar-refractivity contribution is 5.95. The molecule has 1 amide bonds. The van der Waals surface area contributed by atoms with Crippen LogP contribution in [0.25, 0.3) is 11.3 Å². The van der Waals surface area contributed by atoms with Gasteiger partial charge in [0.2, 0.25) is 0 Å². The monoisotopic (exact) mass is 341 g/mol. The molecule has 1 unspecified atom stereocenters. The van der Waals surface area contributed by atoms with Crippen LogP contribution in [0.5, 0.6) is 0 Å². The number of carboxylic acids is 1. The number of furan rings is 1. The molecule has 0 radical (unpaired) electrons. The summed E-state index contributed by atoms with van der Waals surface area (Å²) in [5, 5.41) is 9.27. The molecule has 6 heteroatoms. The van der Waals surface area contributed by atoms with Gasteiger partial charge < -0.3 is 14.4 Å². The number of nitrogens with zero attached hydrogens (tertiary/aromatic N) is 1. The Hall–Kier alpha value is -2.89. The number of hydrogen-bond donors (Lipinski definition) is 1. The number of aliphatic carboxylic acids is 1. The number of ketones is 1. The van der Waals surface area contributed by atoms with Crippen molar-refractivity contribution in [2.75, 3.05) is 13.1 Å². The second-order valence-corrected chi connectivity index (χ2v) is 6.64. The highest BCUT2D eigenvalue weighted by atomic mass is 16.4. The van der Waals surface area contributed by atoms with E-state index in [-0.39, 0.29) is 24.0 Å². The molecule has 2 heterocycles. The molecular weight excluding hydrogens is 322 g/mol. The van der Waals surface area contributed by atoms with Gasteiger partial charge in [-0.1, -0.05) is 24.3 Å². The molecule has 2 aromatic rings. The maximum atomic E-state index is 12.5. The Bertz CT molecular complexity index is 836. The fourth-order valence-corrected chi connectivity index (χ4v) is 2.94. The standard InChI is InChI=1S/C19H19NO5/c1-12(21)13-3-5-14(6-4-13)15-7-8-16(25-15)17(22)20-10-9-19(2,11-20)18(23)24/h3-8H,9-11H2,1-2H3,(H,23,24). The van der Waals surface area contributed by atoms with Crippen molar-refractivity contribution in [2.45, 2.75) is 20.3 Å². The molecule has 1 saturated heterocycles. The number of hydrogen-bond acceptors (Lipinski definition) is 4. The minimum Gasteiger partial charge on any atom is -0.481 e. The Morgan fingerprint density at radius 1 is 1.12 bits per heavy atom. The van der Waals surface area contributed by atoms with Gasteiger partial charge in [0.05, 0.1) is 5.41 Å². The number of carbonyl (C=O) groups excluding carboxylic acids is 2. The summed E-state index contributed by atoms with van der Waals surface area (Å²) >= 11 is 0. The van der Waals surface area contributed by atoms with Crippen molar-refractivity contribution in [2.24, 2.45) is 5.41 Å². The largest absolute Gasteiger partial charge is 0.481 e. The van der Waals surface area contributed by atoms with Crippen molar-refractivity contribution in [1.29, 1.82) is 0 Å². The molecule has 3 rings (SSSR count). The first-order chi connectivity index (χ1) is 11.8. The zero-order valence-electron chi connectivity index (χ0n) is 14.1. The third-order valence-electron chi connectivity index (χ3n) is 4.67. The molecule has 1 fully saturated rings. The van der Waals surface area contributed by atoms with E-state index in [1.807, 2.05) is 0 Å². The lowest BCUT2D eigenvalue weighted by atomic mass is 9.90. The van der Waals surface area contributed by atoms with Crippen LogP contribution in [0.2, 0.25) is 0 Å². The maximum absolute atomic E-state index is 12.5. The second kappa shape index (κ2) is 6.20. The number of amides is 1. The lowest BCUT2D eigenvalue weighted by molar-refractivity contribution is -0.147. The molecule has 1 N–H and O–H groups in total. The van der Waals surface area contributed by atoms with E-state index in [4.69, 9.17) is 4.42 Å². The van der Waals surface area contributed by atoms with Gasteiger partial charge in [0.15, 0.2) is 11.5 Å². The summed E-state index contributed by atoms with van der Waals surface area (Å²) in [5.41, 5.74) is 0.464. The van der Waals surface area contributed by atoms with Crippen LogP contribution in [0.4, 0.5) is 0 Å². The first-order valence-electron chi connectivity index (χ1n) is 8.04. The van der Waals surface area contributed by atoms with Crippen LogP contribution in [-0.2, 0) is 4.79 Å². The Labute approximate surface area is 145 Å². The van der Waals surface area contributed by atoms with Gasteiger partial charge in [0.1, 0.15) is 5.76 Å². The van der Waals surface area contributed by atoms with Crippen LogP contribution >= 0.6 is 0 Å². The fourth-order valence-electron chi connectivity index (χ4n) is 2.94. The summed E-state index contributed by atoms with van der Waals surface area (Å²) < 4.78 is 5.65. The molecule has 25 heavy (non-hydrogen) atoms. The topological polar surface area (TPSA) is 87.8 Å². The van der Waals surface area contributed by atoms with E-state index in [9.17, 15) is 19.5 Å². The third-order valence-corrected chi connectivity index (χ3v) is 4.67. The highest BCUT2D eigenvalue weighted by Crippen LogP contribution is 2.32. The van der Waals surface area contributed by atoms with Crippen LogP contribution in [0.3, 0.4) is 0 Å². The first-order valence-corrected chi connectivity index (χ1v) is 8.04. The maximum Gasteiger partial charge on any atom is 0.311 e. The molecule has 130 valence electrons. The molecule has 0 aliphatic carbocycles. The van der Waals surface area contributed by atoms with Crippen LogP contribution in [0.1, 0.15) is 41.2 Å². The van der Waals surface area contributed by atoms with Crippen molar-refractivity contribution in [1.82, 2.24) is 4.90 Å². The summed E-state index contributed by atoms with van der Waals surface area (Å²) in [6.07, 6.45) is 0.425. The Morgan fingerprint density at radius 3 is 2.36 bits per heavy atom. The minimum atomic E-state index is -0.909. The number of carboxylic acid groups (broad SMARTS) is 1. The zero-order chi connectivity index (χ0) is 18.2. The predicted octanol–water partition coefficient (Wildman–Crippen LogP) is 3.09. The second-order valence-electron chi connectivity index (χ2n) is 6.64. The summed E-state index contributed by atoms with van der Waals surface area (Å²) in [6.45, 7) is 3.71. The van der Waals surface area contributed by atoms with Crippen molar-refractivity contribution in [3.63, 3.8) is 0 Å². The highest BCUT2D eigenvalue weighted by Gasteiger charge is 2.42. The van der Waals surface area contributed by atoms with Gasteiger partial charge >= 0.3 is 5.97 Å². The van der Waals surface area contributed by atoms with Gasteiger partial charge in [0, 0.05) is 24.2 Å². The van der Waals surface area contributed by atoms with Gasteiger partial charge in [0.25, 0.3) is 5.91 Å². The van der Waals surface area contributed by atoms with E-state index in [1.54, 1.807) is 43.3 Å². The van der Waals surface area contributed by atoms with E-state index in [1.165, 1.54) is 11.8 Å². The Kier molecular flexibility index (Phi) is 4.20. The lowest BCUT2D eigenvalue weighted by Gasteiger charge is -2.19. The van der Waals surface area contributed by atoms with E-state index in [2.05, 4.69) is 0 Å². The number of carbonyl (C=O) groups is 3. The molecule has 1 atom stereocenters. The molecule has 1 aromatic heterocycles. The average Bonchev–Trinajstić information content (AvgIpc) is 3.22. The zero-order valence-corrected chi connectivity index (χ0v) is 14.1. The third kappa shape index (κ3) is 3.20. The van der Waals surface area contributed by atoms with E-state index >= 15 is 0 Å². The number of likely N-dealkylation sites (tertiary alicyclic amines) is 1. The molecular formula is C19H19NO5. The first kappa shape index (κ1) is 17.0. The molecule has 6 nitrogen and oxygen atoms in total. The van der Waals surface area contributed by atoms with Gasteiger partial charge in [-0.25, -0.2) is 0 Å². The molecule has 1 aliphatic heterocycles. The summed E-state index contributed by atoms with van der Waals surface area (Å²) in [4.78, 5) is 36.7. The molecule has 1 aromatic carbocycles. The number of Topliss-reactive ketones (excluding diaryl/α,β-unsaturated/α-hetero) is 1. The smallest absolute Gasteiger partial charge is 0.311 e. The van der Waals surface area contributed by atoms with E-state index in [0.29, 0.717) is 24.3 Å².